The second kappa shape index (κ2) is 13.9. The first-order valence-corrected chi connectivity index (χ1v) is 17.6. The first-order valence-electron chi connectivity index (χ1n) is 17.6. The van der Waals surface area contributed by atoms with E-state index >= 15 is 0 Å². The van der Waals surface area contributed by atoms with Crippen LogP contribution in [0.25, 0.3) is 33.6 Å². The minimum Gasteiger partial charge on any atom is -0.444 e. The number of ether oxygens (including phenoxy) is 2. The van der Waals surface area contributed by atoms with Gasteiger partial charge >= 0.3 is 12.2 Å². The number of likely N-dealkylation sites (tertiary alicyclic amines) is 2. The average molecular weight is 682 g/mol. The van der Waals surface area contributed by atoms with Gasteiger partial charge in [0.1, 0.15) is 22.9 Å². The highest BCUT2D eigenvalue weighted by atomic mass is 16.6. The third-order valence-electron chi connectivity index (χ3n) is 8.99. The minimum atomic E-state index is -0.547. The molecule has 2 fully saturated rings. The monoisotopic (exact) mass is 681 g/mol. The number of aromatic amines is 2. The molecule has 2 aromatic heterocycles. The summed E-state index contributed by atoms with van der Waals surface area (Å²) < 4.78 is 11.3. The van der Waals surface area contributed by atoms with Gasteiger partial charge in [-0.25, -0.2) is 19.6 Å². The number of amides is 2. The summed E-state index contributed by atoms with van der Waals surface area (Å²) in [7, 11) is 4.15. The molecule has 0 radical (unpaired) electrons. The lowest BCUT2D eigenvalue weighted by Gasteiger charge is -2.27. The van der Waals surface area contributed by atoms with Crippen LogP contribution in [-0.2, 0) is 16.0 Å². The minimum absolute atomic E-state index is 0.127. The van der Waals surface area contributed by atoms with Crippen molar-refractivity contribution in [1.82, 2.24) is 34.6 Å². The van der Waals surface area contributed by atoms with Crippen LogP contribution < -0.4 is 0 Å². The number of nitrogens with zero attached hydrogens (tertiary/aromatic N) is 5. The molecular formula is C39H51N7O4. The Bertz CT molecular complexity index is 1810. The zero-order chi connectivity index (χ0) is 35.8. The van der Waals surface area contributed by atoms with E-state index in [9.17, 15) is 9.59 Å². The van der Waals surface area contributed by atoms with E-state index in [2.05, 4.69) is 76.4 Å². The van der Waals surface area contributed by atoms with Crippen LogP contribution in [0.15, 0.2) is 54.9 Å². The molecule has 6 rings (SSSR count). The summed E-state index contributed by atoms with van der Waals surface area (Å²) in [6.07, 6.45) is 6.63. The molecule has 2 atom stereocenters. The summed E-state index contributed by atoms with van der Waals surface area (Å²) in [6.45, 7) is 13.4. The van der Waals surface area contributed by atoms with Crippen molar-refractivity contribution in [3.63, 3.8) is 0 Å². The van der Waals surface area contributed by atoms with Gasteiger partial charge in [-0.15, -0.1) is 0 Å². The van der Waals surface area contributed by atoms with E-state index in [1.807, 2.05) is 53.9 Å². The Morgan fingerprint density at radius 2 is 1.20 bits per heavy atom. The predicted octanol–water partition coefficient (Wildman–Crippen LogP) is 8.34. The first-order chi connectivity index (χ1) is 23.6. The van der Waals surface area contributed by atoms with E-state index in [1.54, 1.807) is 9.80 Å². The van der Waals surface area contributed by atoms with Crippen molar-refractivity contribution in [3.8, 4) is 33.6 Å². The van der Waals surface area contributed by atoms with E-state index < -0.39 is 11.2 Å². The Morgan fingerprint density at radius 3 is 1.68 bits per heavy atom. The Morgan fingerprint density at radius 1 is 0.740 bits per heavy atom. The van der Waals surface area contributed by atoms with Crippen molar-refractivity contribution in [2.45, 2.75) is 97.1 Å². The van der Waals surface area contributed by atoms with E-state index in [0.717, 1.165) is 77.5 Å². The molecule has 4 aromatic rings. The number of imidazole rings is 2. The largest absolute Gasteiger partial charge is 0.444 e. The van der Waals surface area contributed by atoms with Crippen LogP contribution in [0.1, 0.15) is 96.5 Å². The van der Waals surface area contributed by atoms with Crippen LogP contribution in [0.4, 0.5) is 9.59 Å². The average Bonchev–Trinajstić information content (AvgIpc) is 3.85. The maximum Gasteiger partial charge on any atom is 0.410 e. The molecule has 266 valence electrons. The van der Waals surface area contributed by atoms with Crippen molar-refractivity contribution in [2.75, 3.05) is 27.2 Å². The van der Waals surface area contributed by atoms with E-state index in [0.29, 0.717) is 13.1 Å². The Labute approximate surface area is 295 Å². The third-order valence-corrected chi connectivity index (χ3v) is 8.99. The van der Waals surface area contributed by atoms with Gasteiger partial charge in [-0.2, -0.15) is 0 Å². The molecule has 11 heteroatoms. The molecule has 2 aliphatic heterocycles. The second-order valence-corrected chi connectivity index (χ2v) is 15.7. The molecule has 2 aliphatic rings. The lowest BCUT2D eigenvalue weighted by atomic mass is 9.95. The molecular weight excluding hydrogens is 630 g/mol. The zero-order valence-electron chi connectivity index (χ0n) is 30.7. The molecule has 2 saturated heterocycles. The number of rotatable bonds is 7. The predicted molar refractivity (Wildman–Crippen MR) is 194 cm³/mol. The summed E-state index contributed by atoms with van der Waals surface area (Å²) in [5.41, 5.74) is 6.27. The number of nitrogens with one attached hydrogen (secondary N) is 2. The molecule has 2 amide bonds. The molecule has 50 heavy (non-hydrogen) atoms. The van der Waals surface area contributed by atoms with Crippen LogP contribution in [-0.4, -0.2) is 85.2 Å². The van der Waals surface area contributed by atoms with Gasteiger partial charge in [-0.05, 0) is 115 Å². The molecule has 0 unspecified atom stereocenters. The number of carbonyl (C=O) groups excluding carboxylic acids is 2. The summed E-state index contributed by atoms with van der Waals surface area (Å²) in [4.78, 5) is 47.9. The fourth-order valence-corrected chi connectivity index (χ4v) is 6.83. The van der Waals surface area contributed by atoms with Crippen LogP contribution in [0.2, 0.25) is 0 Å². The maximum absolute atomic E-state index is 12.9. The van der Waals surface area contributed by atoms with Crippen LogP contribution in [0, 0.1) is 0 Å². The maximum atomic E-state index is 12.9. The van der Waals surface area contributed by atoms with Crippen molar-refractivity contribution < 1.29 is 19.1 Å². The Balaban J connectivity index is 1.19. The number of hydrogen-bond donors (Lipinski definition) is 2. The fourth-order valence-electron chi connectivity index (χ4n) is 6.83. The number of benzene rings is 2. The third kappa shape index (κ3) is 8.04. The quantitative estimate of drug-likeness (QED) is 0.201. The molecule has 2 N–H and O–H groups in total. The van der Waals surface area contributed by atoms with E-state index in [1.165, 1.54) is 5.56 Å². The van der Waals surface area contributed by atoms with Gasteiger partial charge in [0, 0.05) is 19.6 Å². The van der Waals surface area contributed by atoms with Gasteiger partial charge in [-0.1, -0.05) is 36.4 Å². The second-order valence-electron chi connectivity index (χ2n) is 15.7. The molecule has 0 spiro atoms. The SMILES string of the molecule is CN(C)Cc1cc(-c2cnc([C@@H]3CCCN3C(=O)OC(C)(C)C)[nH]2)ccc1-c1ccc(-c2cnc([C@@H]3CCCN3C(=O)OC(C)(C)C)[nH]2)cc1. The number of carbonyl (C=O) groups is 2. The van der Waals surface area contributed by atoms with E-state index in [-0.39, 0.29) is 24.3 Å². The molecule has 4 heterocycles. The molecule has 0 aliphatic carbocycles. The summed E-state index contributed by atoms with van der Waals surface area (Å²) in [6, 6.07) is 14.8. The molecule has 2 aromatic carbocycles. The van der Waals surface area contributed by atoms with Gasteiger partial charge in [0.2, 0.25) is 0 Å². The number of aromatic nitrogens is 4. The van der Waals surface area contributed by atoms with Crippen molar-refractivity contribution >= 4 is 12.2 Å². The van der Waals surface area contributed by atoms with Gasteiger partial charge in [0.25, 0.3) is 0 Å². The van der Waals surface area contributed by atoms with Crippen molar-refractivity contribution in [2.24, 2.45) is 0 Å². The highest BCUT2D eigenvalue weighted by Gasteiger charge is 2.36. The van der Waals surface area contributed by atoms with Crippen LogP contribution in [0.3, 0.4) is 0 Å². The summed E-state index contributed by atoms with van der Waals surface area (Å²) in [5.74, 6) is 1.56. The lowest BCUT2D eigenvalue weighted by molar-refractivity contribution is 0.0208. The van der Waals surface area contributed by atoms with E-state index in [4.69, 9.17) is 14.5 Å². The highest BCUT2D eigenvalue weighted by molar-refractivity contribution is 5.75. The standard InChI is InChI=1S/C39H51N7O4/c1-38(2,3)49-36(47)45-19-9-11-32(45)34-40-22-30(42-34)26-15-13-25(14-16-26)29-18-17-27(21-28(29)24-44(7)8)31-23-41-35(43-31)33-12-10-20-46(33)37(48)50-39(4,5)6/h13-18,21-23,32-33H,9-12,19-20,24H2,1-8H3,(H,40,42)(H,41,43)/t32-,33-/m0/s1. The molecule has 0 saturated carbocycles. The van der Waals surface area contributed by atoms with Crippen LogP contribution in [0.5, 0.6) is 0 Å². The first kappa shape index (κ1) is 35.2. The topological polar surface area (TPSA) is 120 Å². The molecule has 11 nitrogen and oxygen atoms in total. The summed E-state index contributed by atoms with van der Waals surface area (Å²) >= 11 is 0. The van der Waals surface area contributed by atoms with Gasteiger partial charge in [0.15, 0.2) is 0 Å². The highest BCUT2D eigenvalue weighted by Crippen LogP contribution is 2.36. The molecule has 0 bridgehead atoms. The van der Waals surface area contributed by atoms with Crippen molar-refractivity contribution in [3.05, 3.63) is 72.1 Å². The van der Waals surface area contributed by atoms with Gasteiger partial charge < -0.3 is 24.3 Å². The smallest absolute Gasteiger partial charge is 0.410 e. The number of H-pyrrole nitrogens is 2. The number of hydrogen-bond acceptors (Lipinski definition) is 7. The zero-order valence-corrected chi connectivity index (χ0v) is 30.7. The lowest BCUT2D eigenvalue weighted by Crippen LogP contribution is -2.36. The van der Waals surface area contributed by atoms with Gasteiger partial charge in [-0.3, -0.25) is 9.80 Å². The van der Waals surface area contributed by atoms with Crippen LogP contribution >= 0.6 is 0 Å². The van der Waals surface area contributed by atoms with Crippen molar-refractivity contribution in [1.29, 1.82) is 0 Å². The summed E-state index contributed by atoms with van der Waals surface area (Å²) in [5, 5.41) is 0. The Hall–Kier alpha value is -4.64. The van der Waals surface area contributed by atoms with Gasteiger partial charge in [0.05, 0.1) is 35.9 Å². The normalized spacial score (nSPS) is 18.3. The Kier molecular flexibility index (Phi) is 9.81. The fraction of sp³-hybridized carbons (Fsp3) is 0.487.